The first-order chi connectivity index (χ1) is 21.3. The van der Waals surface area contributed by atoms with Gasteiger partial charge < -0.3 is 0 Å². The number of aryl methyl sites for hydroxylation is 1. The molecule has 0 heterocycles. The maximum Gasteiger partial charge on any atom is 0.181 e. The van der Waals surface area contributed by atoms with Crippen molar-refractivity contribution < 1.29 is 8.42 Å². The van der Waals surface area contributed by atoms with Crippen molar-refractivity contribution in [3.63, 3.8) is 0 Å². The second-order valence-electron chi connectivity index (χ2n) is 13.4. The predicted molar refractivity (Wildman–Crippen MR) is 201 cm³/mol. The zero-order valence-electron chi connectivity index (χ0n) is 30.3. The van der Waals surface area contributed by atoms with Crippen LogP contribution in [-0.4, -0.2) is 14.2 Å². The highest BCUT2D eigenvalue weighted by molar-refractivity contribution is 7.91. The fraction of sp³-hybridized carbons (Fsp3) is 0.524. The van der Waals surface area contributed by atoms with Crippen LogP contribution in [0.1, 0.15) is 138 Å². The van der Waals surface area contributed by atoms with Gasteiger partial charge in [0.2, 0.25) is 0 Å². The van der Waals surface area contributed by atoms with Crippen LogP contribution in [0, 0.1) is 6.92 Å². The van der Waals surface area contributed by atoms with Gasteiger partial charge in [-0.1, -0.05) is 99.2 Å². The second kappa shape index (κ2) is 22.8. The van der Waals surface area contributed by atoms with Crippen molar-refractivity contribution in [1.29, 1.82) is 0 Å². The molecule has 0 unspecified atom stereocenters. The van der Waals surface area contributed by atoms with E-state index in [1.54, 1.807) is 12.1 Å². The van der Waals surface area contributed by atoms with Crippen molar-refractivity contribution in [3.8, 4) is 0 Å². The van der Waals surface area contributed by atoms with E-state index in [0.29, 0.717) is 4.90 Å². The van der Waals surface area contributed by atoms with Gasteiger partial charge >= 0.3 is 0 Å². The van der Waals surface area contributed by atoms with Crippen molar-refractivity contribution in [3.05, 3.63) is 111 Å². The largest absolute Gasteiger partial charge is 0.223 e. The minimum Gasteiger partial charge on any atom is -0.223 e. The molecule has 0 saturated heterocycles. The normalized spacial score (nSPS) is 14.2. The van der Waals surface area contributed by atoms with Gasteiger partial charge in [-0.15, -0.1) is 0 Å². The molecule has 1 aromatic rings. The molecule has 0 aromatic heterocycles. The van der Waals surface area contributed by atoms with Gasteiger partial charge in [-0.05, 0) is 151 Å². The van der Waals surface area contributed by atoms with Crippen LogP contribution >= 0.6 is 0 Å². The van der Waals surface area contributed by atoms with Crippen molar-refractivity contribution in [2.75, 3.05) is 5.75 Å². The Kier molecular flexibility index (Phi) is 20.4. The molecule has 2 nitrogen and oxygen atoms in total. The highest BCUT2D eigenvalue weighted by Crippen LogP contribution is 2.17. The van der Waals surface area contributed by atoms with Crippen LogP contribution < -0.4 is 0 Å². The third-order valence-corrected chi connectivity index (χ3v) is 9.88. The van der Waals surface area contributed by atoms with E-state index in [-0.39, 0.29) is 5.75 Å². The van der Waals surface area contributed by atoms with E-state index in [1.807, 2.05) is 32.1 Å². The lowest BCUT2D eigenvalue weighted by molar-refractivity contribution is 0.599. The molecule has 0 amide bonds. The number of allylic oxidation sites excluding steroid dienone is 13. The molecule has 1 aromatic carbocycles. The monoisotopic (exact) mass is 632 g/mol. The highest BCUT2D eigenvalue weighted by atomic mass is 32.2. The van der Waals surface area contributed by atoms with E-state index < -0.39 is 9.84 Å². The molecule has 0 saturated carbocycles. The van der Waals surface area contributed by atoms with Gasteiger partial charge in [-0.25, -0.2) is 8.42 Å². The summed E-state index contributed by atoms with van der Waals surface area (Å²) in [6.45, 7) is 19.6. The second-order valence-corrected chi connectivity index (χ2v) is 15.4. The first-order valence-electron chi connectivity index (χ1n) is 17.1. The van der Waals surface area contributed by atoms with Crippen molar-refractivity contribution >= 4 is 9.84 Å². The van der Waals surface area contributed by atoms with E-state index in [1.165, 1.54) is 46.3 Å². The lowest BCUT2D eigenvalue weighted by Crippen LogP contribution is -2.05. The van der Waals surface area contributed by atoms with E-state index in [9.17, 15) is 8.42 Å². The van der Waals surface area contributed by atoms with Gasteiger partial charge in [-0.3, -0.25) is 0 Å². The Bertz CT molecular complexity index is 1340. The van der Waals surface area contributed by atoms with Crippen molar-refractivity contribution in [2.45, 2.75) is 144 Å². The van der Waals surface area contributed by atoms with E-state index in [2.05, 4.69) is 84.9 Å². The third-order valence-electron chi connectivity index (χ3n) is 8.28. The summed E-state index contributed by atoms with van der Waals surface area (Å²) >= 11 is 0. The predicted octanol–water partition coefficient (Wildman–Crippen LogP) is 13.1. The molecule has 0 spiro atoms. The summed E-state index contributed by atoms with van der Waals surface area (Å²) in [5, 5.41) is 0. The average molecular weight is 633 g/mol. The summed E-state index contributed by atoms with van der Waals surface area (Å²) < 4.78 is 25.1. The molecular formula is C42H64O2S. The Morgan fingerprint density at radius 1 is 0.467 bits per heavy atom. The molecule has 1 rings (SSSR count). The average Bonchev–Trinajstić information content (AvgIpc) is 2.96. The summed E-state index contributed by atoms with van der Waals surface area (Å²) in [6, 6.07) is 7.10. The smallest absolute Gasteiger partial charge is 0.181 e. The Morgan fingerprint density at radius 3 is 1.07 bits per heavy atom. The van der Waals surface area contributed by atoms with Crippen LogP contribution in [0.15, 0.2) is 111 Å². The number of rotatable bonds is 21. The lowest BCUT2D eigenvalue weighted by atomic mass is 10.0. The number of sulfone groups is 1. The van der Waals surface area contributed by atoms with Crippen molar-refractivity contribution in [1.82, 2.24) is 0 Å². The molecule has 0 radical (unpaired) electrons. The molecule has 3 heteroatoms. The van der Waals surface area contributed by atoms with E-state index in [0.717, 1.165) is 75.3 Å². The van der Waals surface area contributed by atoms with Gasteiger partial charge in [0.25, 0.3) is 0 Å². The van der Waals surface area contributed by atoms with Gasteiger partial charge in [0.05, 0.1) is 10.6 Å². The Morgan fingerprint density at radius 2 is 0.756 bits per heavy atom. The number of benzene rings is 1. The summed E-state index contributed by atoms with van der Waals surface area (Å²) in [6.07, 6.45) is 29.4. The molecular weight excluding hydrogens is 569 g/mol. The molecule has 0 fully saturated rings. The molecule has 0 N–H and O–H groups in total. The quantitative estimate of drug-likeness (QED) is 0.126. The fourth-order valence-corrected chi connectivity index (χ4v) is 6.27. The first kappa shape index (κ1) is 40.4. The summed E-state index contributed by atoms with van der Waals surface area (Å²) in [4.78, 5) is 0.399. The van der Waals surface area contributed by atoms with Crippen LogP contribution in [0.25, 0.3) is 0 Å². The maximum atomic E-state index is 12.6. The standard InChI is InChI=1S/C42H64O2S/c1-34(2)16-10-17-35(3)18-11-19-36(4)20-12-21-37(5)22-13-23-38(6)24-14-25-39(7)26-15-27-40(8)32-33-45(43,44)42-30-28-41(9)29-31-42/h16,18,20,22,24,26,28-32H,10-15,17,19,21,23,25,27,33H2,1-9H3/b35-18+,36-20+,37-22-,38-24-,39-26-,40-32-. The Balaban J connectivity index is 2.29. The van der Waals surface area contributed by atoms with Crippen LogP contribution in [0.5, 0.6) is 0 Å². The topological polar surface area (TPSA) is 34.1 Å². The van der Waals surface area contributed by atoms with Gasteiger partial charge in [-0.2, -0.15) is 0 Å². The molecule has 0 aliphatic rings. The minimum absolute atomic E-state index is 0.0651. The lowest BCUT2D eigenvalue weighted by Gasteiger charge is -2.05. The van der Waals surface area contributed by atoms with Crippen LogP contribution in [0.4, 0.5) is 0 Å². The summed E-state index contributed by atoms with van der Waals surface area (Å²) in [5.41, 5.74) is 11.0. The van der Waals surface area contributed by atoms with E-state index in [4.69, 9.17) is 0 Å². The molecule has 0 bridgehead atoms. The van der Waals surface area contributed by atoms with Gasteiger partial charge in [0, 0.05) is 0 Å². The molecule has 0 aliphatic heterocycles. The zero-order valence-corrected chi connectivity index (χ0v) is 31.1. The summed E-state index contributed by atoms with van der Waals surface area (Å²) in [7, 11) is -3.27. The first-order valence-corrected chi connectivity index (χ1v) is 18.8. The SMILES string of the molecule is CC(C)=CCC/C(C)=C/CC/C(C)=C/CC/C(C)=C\CC/C(C)=C\CC/C(C)=C\CC/C(C)=C\CS(=O)(=O)c1ccc(C)cc1. The molecule has 0 aliphatic carbocycles. The van der Waals surface area contributed by atoms with Crippen LogP contribution in [0.2, 0.25) is 0 Å². The minimum atomic E-state index is -3.27. The van der Waals surface area contributed by atoms with Crippen LogP contribution in [-0.2, 0) is 9.84 Å². The highest BCUT2D eigenvalue weighted by Gasteiger charge is 2.12. The fourth-order valence-electron chi connectivity index (χ4n) is 5.03. The van der Waals surface area contributed by atoms with Crippen molar-refractivity contribution in [2.24, 2.45) is 0 Å². The number of hydrogen-bond acceptors (Lipinski definition) is 2. The zero-order chi connectivity index (χ0) is 33.7. The third kappa shape index (κ3) is 20.9. The Labute approximate surface area is 278 Å². The van der Waals surface area contributed by atoms with Crippen LogP contribution in [0.3, 0.4) is 0 Å². The maximum absolute atomic E-state index is 12.6. The van der Waals surface area contributed by atoms with E-state index >= 15 is 0 Å². The molecule has 0 atom stereocenters. The van der Waals surface area contributed by atoms with Gasteiger partial charge in [0.1, 0.15) is 0 Å². The molecule has 250 valence electrons. The van der Waals surface area contributed by atoms with Gasteiger partial charge in [0.15, 0.2) is 9.84 Å². The molecule has 45 heavy (non-hydrogen) atoms. The summed E-state index contributed by atoms with van der Waals surface area (Å²) in [5.74, 6) is 0.0651. The Hall–Kier alpha value is -2.65. The number of hydrogen-bond donors (Lipinski definition) is 0.